The Morgan fingerprint density at radius 1 is 1.22 bits per heavy atom. The van der Waals surface area contributed by atoms with Crippen molar-refractivity contribution in [1.29, 1.82) is 0 Å². The van der Waals surface area contributed by atoms with Gasteiger partial charge in [0.2, 0.25) is 0 Å². The Labute approximate surface area is 57.6 Å². The van der Waals surface area contributed by atoms with E-state index in [2.05, 4.69) is 13.8 Å². The Hall–Kier alpha value is 0. The van der Waals surface area contributed by atoms with Gasteiger partial charge in [-0.25, -0.2) is 0 Å². The molecule has 0 nitrogen and oxygen atoms in total. The monoisotopic (exact) mass is 124 g/mol. The standard InChI is InChI=1S/C9H16/c1-9(2)4-3-7-5-8(7)6-9/h7-8H,3-6H2,1-2H3/t7?,8-/m1/s1. The molecule has 2 saturated carbocycles. The van der Waals surface area contributed by atoms with Crippen LogP contribution in [0, 0.1) is 17.3 Å². The summed E-state index contributed by atoms with van der Waals surface area (Å²) < 4.78 is 0. The lowest BCUT2D eigenvalue weighted by Gasteiger charge is -2.28. The van der Waals surface area contributed by atoms with Crippen LogP contribution in [0.2, 0.25) is 0 Å². The molecule has 0 bridgehead atoms. The second-order valence-corrected chi connectivity index (χ2v) is 4.66. The van der Waals surface area contributed by atoms with E-state index in [4.69, 9.17) is 0 Å². The smallest absolute Gasteiger partial charge is 0.0351 e. The van der Waals surface area contributed by atoms with Gasteiger partial charge in [0.05, 0.1) is 0 Å². The van der Waals surface area contributed by atoms with E-state index in [-0.39, 0.29) is 0 Å². The maximum Gasteiger partial charge on any atom is -0.0351 e. The molecular weight excluding hydrogens is 108 g/mol. The largest absolute Gasteiger partial charge is 0.0599 e. The van der Waals surface area contributed by atoms with Crippen LogP contribution in [0.15, 0.2) is 0 Å². The predicted octanol–water partition coefficient (Wildman–Crippen LogP) is 2.83. The van der Waals surface area contributed by atoms with Crippen molar-refractivity contribution in [2.45, 2.75) is 39.5 Å². The first kappa shape index (κ1) is 5.76. The second-order valence-electron chi connectivity index (χ2n) is 4.66. The van der Waals surface area contributed by atoms with Gasteiger partial charge < -0.3 is 0 Å². The van der Waals surface area contributed by atoms with E-state index >= 15 is 0 Å². The molecule has 0 amide bonds. The van der Waals surface area contributed by atoms with Gasteiger partial charge in [-0.3, -0.25) is 0 Å². The number of rotatable bonds is 0. The van der Waals surface area contributed by atoms with Crippen molar-refractivity contribution in [1.82, 2.24) is 0 Å². The molecule has 52 valence electrons. The van der Waals surface area contributed by atoms with Gasteiger partial charge in [-0.15, -0.1) is 0 Å². The van der Waals surface area contributed by atoms with Crippen molar-refractivity contribution in [3.05, 3.63) is 0 Å². The van der Waals surface area contributed by atoms with E-state index in [1.807, 2.05) is 0 Å². The van der Waals surface area contributed by atoms with Gasteiger partial charge in [-0.1, -0.05) is 13.8 Å². The minimum absolute atomic E-state index is 0.692. The highest BCUT2D eigenvalue weighted by molar-refractivity contribution is 4.95. The zero-order valence-electron chi connectivity index (χ0n) is 6.48. The van der Waals surface area contributed by atoms with Gasteiger partial charge in [0, 0.05) is 0 Å². The van der Waals surface area contributed by atoms with Crippen LogP contribution in [0.4, 0.5) is 0 Å². The first-order valence-electron chi connectivity index (χ1n) is 4.17. The molecule has 0 heteroatoms. The molecule has 0 N–H and O–H groups in total. The molecule has 0 aliphatic heterocycles. The molecule has 0 heterocycles. The highest BCUT2D eigenvalue weighted by Crippen LogP contribution is 2.55. The highest BCUT2D eigenvalue weighted by Gasteiger charge is 2.44. The van der Waals surface area contributed by atoms with Gasteiger partial charge in [0.25, 0.3) is 0 Å². The Bertz CT molecular complexity index is 124. The van der Waals surface area contributed by atoms with Crippen LogP contribution in [-0.4, -0.2) is 0 Å². The lowest BCUT2D eigenvalue weighted by atomic mass is 9.78. The first-order valence-corrected chi connectivity index (χ1v) is 4.17. The van der Waals surface area contributed by atoms with Crippen LogP contribution in [0.3, 0.4) is 0 Å². The van der Waals surface area contributed by atoms with E-state index in [1.165, 1.54) is 19.3 Å². The van der Waals surface area contributed by atoms with Crippen molar-refractivity contribution < 1.29 is 0 Å². The van der Waals surface area contributed by atoms with E-state index in [9.17, 15) is 0 Å². The van der Waals surface area contributed by atoms with Gasteiger partial charge in [0.1, 0.15) is 0 Å². The average molecular weight is 124 g/mol. The molecule has 0 saturated heterocycles. The van der Waals surface area contributed by atoms with E-state index < -0.39 is 0 Å². The molecule has 2 rings (SSSR count). The quantitative estimate of drug-likeness (QED) is 0.466. The average Bonchev–Trinajstić information content (AvgIpc) is 2.41. The maximum atomic E-state index is 2.42. The zero-order chi connectivity index (χ0) is 6.48. The summed E-state index contributed by atoms with van der Waals surface area (Å²) in [5.41, 5.74) is 0.692. The summed E-state index contributed by atoms with van der Waals surface area (Å²) in [6.45, 7) is 4.84. The van der Waals surface area contributed by atoms with Crippen molar-refractivity contribution >= 4 is 0 Å². The Morgan fingerprint density at radius 2 is 2.00 bits per heavy atom. The third kappa shape index (κ3) is 0.997. The molecule has 0 radical (unpaired) electrons. The van der Waals surface area contributed by atoms with E-state index in [1.54, 1.807) is 6.42 Å². The van der Waals surface area contributed by atoms with Gasteiger partial charge in [-0.2, -0.15) is 0 Å². The van der Waals surface area contributed by atoms with Crippen molar-refractivity contribution in [2.75, 3.05) is 0 Å². The van der Waals surface area contributed by atoms with E-state index in [0.29, 0.717) is 5.41 Å². The summed E-state index contributed by atoms with van der Waals surface area (Å²) >= 11 is 0. The summed E-state index contributed by atoms with van der Waals surface area (Å²) in [4.78, 5) is 0. The second kappa shape index (κ2) is 1.53. The Kier molecular flexibility index (Phi) is 0.980. The predicted molar refractivity (Wildman–Crippen MR) is 39.2 cm³/mol. The molecule has 0 spiro atoms. The fourth-order valence-corrected chi connectivity index (χ4v) is 2.30. The molecule has 1 unspecified atom stereocenters. The molecule has 0 aromatic carbocycles. The molecule has 9 heavy (non-hydrogen) atoms. The van der Waals surface area contributed by atoms with Gasteiger partial charge in [0.15, 0.2) is 0 Å². The van der Waals surface area contributed by atoms with Gasteiger partial charge in [-0.05, 0) is 42.9 Å². The van der Waals surface area contributed by atoms with Crippen LogP contribution in [0.5, 0.6) is 0 Å². The van der Waals surface area contributed by atoms with E-state index in [0.717, 1.165) is 11.8 Å². The summed E-state index contributed by atoms with van der Waals surface area (Å²) in [7, 11) is 0. The lowest BCUT2D eigenvalue weighted by molar-refractivity contribution is 0.233. The Balaban J connectivity index is 2.01. The molecule has 2 fully saturated rings. The first-order chi connectivity index (χ1) is 4.17. The van der Waals surface area contributed by atoms with Crippen molar-refractivity contribution in [3.63, 3.8) is 0 Å². The summed E-state index contributed by atoms with van der Waals surface area (Å²) in [5.74, 6) is 2.31. The summed E-state index contributed by atoms with van der Waals surface area (Å²) in [5, 5.41) is 0. The van der Waals surface area contributed by atoms with Crippen LogP contribution >= 0.6 is 0 Å². The van der Waals surface area contributed by atoms with Crippen molar-refractivity contribution in [2.24, 2.45) is 17.3 Å². The number of fused-ring (bicyclic) bond motifs is 1. The topological polar surface area (TPSA) is 0 Å². The maximum absolute atomic E-state index is 2.42. The van der Waals surface area contributed by atoms with Crippen molar-refractivity contribution in [3.8, 4) is 0 Å². The molecule has 2 aliphatic rings. The molecule has 0 aromatic heterocycles. The van der Waals surface area contributed by atoms with Crippen LogP contribution in [-0.2, 0) is 0 Å². The van der Waals surface area contributed by atoms with Crippen LogP contribution < -0.4 is 0 Å². The normalized spacial score (nSPS) is 46.0. The minimum atomic E-state index is 0.692. The fourth-order valence-electron chi connectivity index (χ4n) is 2.30. The minimum Gasteiger partial charge on any atom is -0.0599 e. The summed E-state index contributed by atoms with van der Waals surface area (Å²) in [6.07, 6.45) is 6.08. The third-order valence-electron chi connectivity index (χ3n) is 3.08. The molecule has 2 aliphatic carbocycles. The van der Waals surface area contributed by atoms with Gasteiger partial charge >= 0.3 is 0 Å². The zero-order valence-corrected chi connectivity index (χ0v) is 6.48. The molecular formula is C9H16. The molecule has 2 atom stereocenters. The summed E-state index contributed by atoms with van der Waals surface area (Å²) in [6, 6.07) is 0. The Morgan fingerprint density at radius 3 is 2.56 bits per heavy atom. The van der Waals surface area contributed by atoms with Crippen LogP contribution in [0.1, 0.15) is 39.5 Å². The fraction of sp³-hybridized carbons (Fsp3) is 1.00. The third-order valence-corrected chi connectivity index (χ3v) is 3.08. The lowest BCUT2D eigenvalue weighted by Crippen LogP contribution is -2.16. The number of hydrogen-bond donors (Lipinski definition) is 0. The molecule has 0 aromatic rings. The van der Waals surface area contributed by atoms with Crippen LogP contribution in [0.25, 0.3) is 0 Å². The number of hydrogen-bond acceptors (Lipinski definition) is 0. The SMILES string of the molecule is CC1(C)CCC2C[C@@H]2C1. The highest BCUT2D eigenvalue weighted by atomic mass is 14.5.